The van der Waals surface area contributed by atoms with Crippen LogP contribution < -0.4 is 22.1 Å². The fourth-order valence-electron chi connectivity index (χ4n) is 3.42. The lowest BCUT2D eigenvalue weighted by Crippen LogP contribution is -2.41. The molecule has 1 aromatic rings. The lowest BCUT2D eigenvalue weighted by molar-refractivity contribution is 0.240. The lowest BCUT2D eigenvalue weighted by atomic mass is 9.81. The van der Waals surface area contributed by atoms with Crippen LogP contribution in [0, 0.1) is 5.92 Å². The summed E-state index contributed by atoms with van der Waals surface area (Å²) in [5.41, 5.74) is 16.6. The highest BCUT2D eigenvalue weighted by Gasteiger charge is 2.31. The fraction of sp³-hybridized carbons (Fsp3) is 0.300. The van der Waals surface area contributed by atoms with Crippen LogP contribution in [0.3, 0.4) is 0 Å². The molecule has 0 amide bonds. The minimum Gasteiger partial charge on any atom is -0.481 e. The number of rotatable bonds is 4. The number of nitrogens with one attached hydrogen (secondary N) is 2. The van der Waals surface area contributed by atoms with Gasteiger partial charge in [-0.05, 0) is 54.3 Å². The van der Waals surface area contributed by atoms with Crippen LogP contribution in [0.2, 0.25) is 0 Å². The molecule has 1 heterocycles. The molecule has 2 aliphatic rings. The molecule has 0 fully saturated rings. The maximum atomic E-state index is 13.8. The smallest absolute Gasteiger partial charge is 0.211 e. The van der Waals surface area contributed by atoms with Crippen molar-refractivity contribution in [1.82, 2.24) is 10.6 Å². The Morgan fingerprint density at radius 3 is 2.65 bits per heavy atom. The summed E-state index contributed by atoms with van der Waals surface area (Å²) in [5, 5.41) is 6.59. The number of hydrogen-bond acceptors (Lipinski definition) is 5. The van der Waals surface area contributed by atoms with Crippen molar-refractivity contribution in [3.8, 4) is 0 Å². The van der Waals surface area contributed by atoms with Crippen molar-refractivity contribution < 1.29 is 9.13 Å². The Labute approximate surface area is 153 Å². The Hall–Kier alpha value is -2.89. The van der Waals surface area contributed by atoms with E-state index in [0.29, 0.717) is 23.7 Å². The average molecular weight is 356 g/mol. The summed E-state index contributed by atoms with van der Waals surface area (Å²) in [6.07, 6.45) is 6.13. The van der Waals surface area contributed by atoms with Gasteiger partial charge in [-0.15, -0.1) is 0 Å². The van der Waals surface area contributed by atoms with E-state index < -0.39 is 0 Å². The van der Waals surface area contributed by atoms with Crippen molar-refractivity contribution >= 4 is 16.9 Å². The predicted octanol–water partition coefficient (Wildman–Crippen LogP) is 3.06. The zero-order chi connectivity index (χ0) is 18.8. The van der Waals surface area contributed by atoms with Crippen LogP contribution in [-0.4, -0.2) is 20.2 Å². The van der Waals surface area contributed by atoms with Crippen molar-refractivity contribution in [2.45, 2.75) is 19.4 Å². The van der Waals surface area contributed by atoms with Crippen molar-refractivity contribution in [2.75, 3.05) is 25.6 Å². The molecule has 3 rings (SSSR count). The lowest BCUT2D eigenvalue weighted by Gasteiger charge is -2.35. The molecule has 0 saturated carbocycles. The number of nitrogens with two attached hydrogens (primary N) is 2. The number of allylic oxidation sites excluding steroid dienone is 4. The summed E-state index contributed by atoms with van der Waals surface area (Å²) < 4.78 is 19.3. The maximum absolute atomic E-state index is 13.8. The molecule has 0 saturated heterocycles. The molecule has 6 heteroatoms. The molecule has 1 aliphatic heterocycles. The fourth-order valence-corrected chi connectivity index (χ4v) is 3.42. The standard InChI is InChI=1S/C20H25FN4O/c1-11-8-13(4-6-15(11)21)19-14(10-18(24-2)20(25-19)26-3)12-5-7-16(22)17(23)9-12/h4-7,9-10,13,19,24-25H,8,22-23H2,1-3H3. The second kappa shape index (κ2) is 7.15. The van der Waals surface area contributed by atoms with E-state index >= 15 is 0 Å². The normalized spacial score (nSPS) is 22.8. The van der Waals surface area contributed by atoms with Gasteiger partial charge in [0.15, 0.2) is 0 Å². The van der Waals surface area contributed by atoms with Gasteiger partial charge in [-0.2, -0.15) is 0 Å². The third kappa shape index (κ3) is 3.27. The monoisotopic (exact) mass is 356 g/mol. The van der Waals surface area contributed by atoms with Gasteiger partial charge in [-0.3, -0.25) is 0 Å². The number of benzene rings is 1. The summed E-state index contributed by atoms with van der Waals surface area (Å²) in [6, 6.07) is 5.55. The molecule has 0 spiro atoms. The molecule has 2 atom stereocenters. The predicted molar refractivity (Wildman–Crippen MR) is 104 cm³/mol. The summed E-state index contributed by atoms with van der Waals surface area (Å²) in [7, 11) is 3.46. The van der Waals surface area contributed by atoms with E-state index in [4.69, 9.17) is 16.2 Å². The molecule has 1 aromatic carbocycles. The molecule has 2 unspecified atom stereocenters. The van der Waals surface area contributed by atoms with Crippen LogP contribution in [0.1, 0.15) is 18.9 Å². The van der Waals surface area contributed by atoms with Gasteiger partial charge >= 0.3 is 0 Å². The Morgan fingerprint density at radius 1 is 1.27 bits per heavy atom. The van der Waals surface area contributed by atoms with E-state index in [1.54, 1.807) is 19.3 Å². The first-order valence-corrected chi connectivity index (χ1v) is 8.57. The molecule has 138 valence electrons. The number of anilines is 2. The van der Waals surface area contributed by atoms with Gasteiger partial charge in [0.2, 0.25) is 5.88 Å². The van der Waals surface area contributed by atoms with E-state index in [1.165, 1.54) is 0 Å². The van der Waals surface area contributed by atoms with Crippen LogP contribution in [0.5, 0.6) is 0 Å². The van der Waals surface area contributed by atoms with E-state index in [-0.39, 0.29) is 17.8 Å². The molecular weight excluding hydrogens is 331 g/mol. The molecule has 5 nitrogen and oxygen atoms in total. The second-order valence-electron chi connectivity index (χ2n) is 6.62. The Kier molecular flexibility index (Phi) is 4.93. The van der Waals surface area contributed by atoms with E-state index in [9.17, 15) is 4.39 Å². The van der Waals surface area contributed by atoms with Gasteiger partial charge in [-0.25, -0.2) is 4.39 Å². The van der Waals surface area contributed by atoms with Crippen LogP contribution in [0.4, 0.5) is 15.8 Å². The zero-order valence-electron chi connectivity index (χ0n) is 15.3. The van der Waals surface area contributed by atoms with Crippen molar-refractivity contribution in [1.29, 1.82) is 0 Å². The first-order valence-electron chi connectivity index (χ1n) is 8.57. The zero-order valence-corrected chi connectivity index (χ0v) is 15.3. The van der Waals surface area contributed by atoms with Gasteiger partial charge in [-0.1, -0.05) is 12.1 Å². The molecular formula is C20H25FN4O. The Bertz CT molecular complexity index is 838. The highest BCUT2D eigenvalue weighted by Crippen LogP contribution is 2.36. The Balaban J connectivity index is 2.05. The largest absolute Gasteiger partial charge is 0.481 e. The van der Waals surface area contributed by atoms with Gasteiger partial charge in [0.25, 0.3) is 0 Å². The van der Waals surface area contributed by atoms with Crippen LogP contribution >= 0.6 is 0 Å². The number of halogens is 1. The van der Waals surface area contributed by atoms with E-state index in [1.807, 2.05) is 38.3 Å². The summed E-state index contributed by atoms with van der Waals surface area (Å²) in [5.74, 6) is 0.589. The number of nitrogen functional groups attached to an aromatic ring is 2. The molecule has 0 bridgehead atoms. The number of dihydropyridines is 1. The molecule has 0 aromatic heterocycles. The van der Waals surface area contributed by atoms with Gasteiger partial charge in [0.05, 0.1) is 30.2 Å². The number of hydrogen-bond donors (Lipinski definition) is 4. The number of methoxy groups -OCH3 is 1. The van der Waals surface area contributed by atoms with Crippen molar-refractivity contribution in [3.63, 3.8) is 0 Å². The van der Waals surface area contributed by atoms with Crippen molar-refractivity contribution in [3.05, 3.63) is 65.0 Å². The molecule has 1 aliphatic carbocycles. The average Bonchev–Trinajstić information content (AvgIpc) is 2.65. The Morgan fingerprint density at radius 2 is 2.04 bits per heavy atom. The minimum atomic E-state index is -0.155. The molecule has 26 heavy (non-hydrogen) atoms. The van der Waals surface area contributed by atoms with Crippen molar-refractivity contribution in [2.24, 2.45) is 5.92 Å². The first kappa shape index (κ1) is 17.9. The van der Waals surface area contributed by atoms with E-state index in [2.05, 4.69) is 10.6 Å². The quantitative estimate of drug-likeness (QED) is 0.623. The second-order valence-corrected chi connectivity index (χ2v) is 6.62. The maximum Gasteiger partial charge on any atom is 0.211 e. The summed E-state index contributed by atoms with van der Waals surface area (Å²) in [6.45, 7) is 1.82. The third-order valence-electron chi connectivity index (χ3n) is 4.93. The topological polar surface area (TPSA) is 85.3 Å². The van der Waals surface area contributed by atoms with Crippen LogP contribution in [-0.2, 0) is 4.74 Å². The minimum absolute atomic E-state index is 0.0793. The van der Waals surface area contributed by atoms with Gasteiger partial charge < -0.3 is 26.8 Å². The highest BCUT2D eigenvalue weighted by molar-refractivity contribution is 5.79. The number of likely N-dealkylation sites (N-methyl/N-ethyl adjacent to an activating group) is 1. The molecule has 6 N–H and O–H groups in total. The highest BCUT2D eigenvalue weighted by atomic mass is 19.1. The van der Waals surface area contributed by atoms with Gasteiger partial charge in [0, 0.05) is 13.0 Å². The summed E-state index contributed by atoms with van der Waals surface area (Å²) >= 11 is 0. The van der Waals surface area contributed by atoms with Gasteiger partial charge in [0.1, 0.15) is 5.83 Å². The summed E-state index contributed by atoms with van der Waals surface area (Å²) in [4.78, 5) is 0. The number of ether oxygens (including phenoxy) is 1. The SMILES string of the molecule is CNC1=C(OC)NC(C2C=CC(F)=C(C)C2)C(c2ccc(N)c(N)c2)=C1. The third-order valence-corrected chi connectivity index (χ3v) is 4.93. The van der Waals surface area contributed by atoms with Crippen LogP contribution in [0.15, 0.2) is 59.4 Å². The van der Waals surface area contributed by atoms with E-state index in [0.717, 1.165) is 22.4 Å². The molecule has 0 radical (unpaired) electrons. The first-order chi connectivity index (χ1) is 12.4. The van der Waals surface area contributed by atoms with Crippen LogP contribution in [0.25, 0.3) is 5.57 Å².